The fourth-order valence-corrected chi connectivity index (χ4v) is 1.64. The second-order valence-electron chi connectivity index (χ2n) is 4.14. The average molecular weight is 212 g/mol. The lowest BCUT2D eigenvalue weighted by Crippen LogP contribution is -1.92. The van der Waals surface area contributed by atoms with Crippen LogP contribution < -0.4 is 11.5 Å². The molecule has 0 atom stereocenters. The highest BCUT2D eigenvalue weighted by Gasteiger charge is 2.02. The van der Waals surface area contributed by atoms with Crippen LogP contribution in [-0.2, 0) is 0 Å². The monoisotopic (exact) mass is 212 g/mol. The summed E-state index contributed by atoms with van der Waals surface area (Å²) in [5, 5.41) is 0. The molecular weight excluding hydrogens is 196 g/mol. The summed E-state index contributed by atoms with van der Waals surface area (Å²) < 4.78 is 0. The third kappa shape index (κ3) is 1.87. The molecule has 2 rings (SSSR count). The molecule has 2 aromatic carbocycles. The molecule has 2 aromatic rings. The summed E-state index contributed by atoms with van der Waals surface area (Å²) in [6, 6.07) is 12.2. The van der Waals surface area contributed by atoms with Gasteiger partial charge in [-0.1, -0.05) is 24.3 Å². The number of benzene rings is 2. The number of aryl methyl sites for hydroxylation is 2. The Morgan fingerprint density at radius 2 is 1.06 bits per heavy atom. The van der Waals surface area contributed by atoms with Gasteiger partial charge in [0.05, 0.1) is 0 Å². The van der Waals surface area contributed by atoms with E-state index in [0.717, 1.165) is 33.6 Å². The van der Waals surface area contributed by atoms with Crippen LogP contribution in [-0.4, -0.2) is 0 Å². The summed E-state index contributed by atoms with van der Waals surface area (Å²) in [6.45, 7) is 4.01. The van der Waals surface area contributed by atoms with Crippen LogP contribution in [0.1, 0.15) is 11.1 Å². The third-order valence-corrected chi connectivity index (χ3v) is 2.89. The second-order valence-corrected chi connectivity index (χ2v) is 4.14. The number of nitrogen functional groups attached to an aromatic ring is 2. The van der Waals surface area contributed by atoms with E-state index in [4.69, 9.17) is 11.5 Å². The van der Waals surface area contributed by atoms with Crippen molar-refractivity contribution in [2.45, 2.75) is 13.8 Å². The second kappa shape index (κ2) is 3.89. The number of rotatable bonds is 1. The zero-order valence-electron chi connectivity index (χ0n) is 9.62. The lowest BCUT2D eigenvalue weighted by Gasteiger charge is -2.07. The standard InChI is InChI=1S/C14H16N2/c1-9-3-5-11(7-13(9)15)12-6-4-10(2)14(16)8-12/h3-8H,15-16H2,1-2H3. The van der Waals surface area contributed by atoms with Crippen molar-refractivity contribution in [1.82, 2.24) is 0 Å². The highest BCUT2D eigenvalue weighted by molar-refractivity contribution is 5.72. The van der Waals surface area contributed by atoms with E-state index < -0.39 is 0 Å². The van der Waals surface area contributed by atoms with Crippen molar-refractivity contribution >= 4 is 11.4 Å². The quantitative estimate of drug-likeness (QED) is 0.713. The Morgan fingerprint density at radius 1 is 0.688 bits per heavy atom. The van der Waals surface area contributed by atoms with Gasteiger partial charge in [0.1, 0.15) is 0 Å². The van der Waals surface area contributed by atoms with Crippen LogP contribution in [0, 0.1) is 13.8 Å². The molecular formula is C14H16N2. The van der Waals surface area contributed by atoms with Gasteiger partial charge in [-0.25, -0.2) is 0 Å². The molecule has 0 spiro atoms. The minimum Gasteiger partial charge on any atom is -0.398 e. The summed E-state index contributed by atoms with van der Waals surface area (Å²) >= 11 is 0. The van der Waals surface area contributed by atoms with E-state index in [9.17, 15) is 0 Å². The van der Waals surface area contributed by atoms with Crippen LogP contribution in [0.3, 0.4) is 0 Å². The van der Waals surface area contributed by atoms with Gasteiger partial charge in [-0.2, -0.15) is 0 Å². The van der Waals surface area contributed by atoms with E-state index >= 15 is 0 Å². The summed E-state index contributed by atoms with van der Waals surface area (Å²) in [5.41, 5.74) is 17.8. The van der Waals surface area contributed by atoms with Crippen molar-refractivity contribution in [1.29, 1.82) is 0 Å². The molecule has 0 radical (unpaired) electrons. The Morgan fingerprint density at radius 3 is 1.38 bits per heavy atom. The third-order valence-electron chi connectivity index (χ3n) is 2.89. The Hall–Kier alpha value is -1.96. The van der Waals surface area contributed by atoms with Crippen molar-refractivity contribution in [3.05, 3.63) is 47.5 Å². The van der Waals surface area contributed by atoms with Gasteiger partial charge in [0.2, 0.25) is 0 Å². The molecule has 0 unspecified atom stereocenters. The van der Waals surface area contributed by atoms with Gasteiger partial charge in [0.25, 0.3) is 0 Å². The molecule has 4 N–H and O–H groups in total. The molecule has 0 aliphatic carbocycles. The van der Waals surface area contributed by atoms with Crippen molar-refractivity contribution in [2.75, 3.05) is 11.5 Å². The molecule has 0 fully saturated rings. The van der Waals surface area contributed by atoms with E-state index in [0.29, 0.717) is 0 Å². The maximum atomic E-state index is 5.89. The zero-order chi connectivity index (χ0) is 11.7. The zero-order valence-corrected chi connectivity index (χ0v) is 9.62. The first kappa shape index (κ1) is 10.6. The Kier molecular flexibility index (Phi) is 2.57. The minimum atomic E-state index is 0.816. The highest BCUT2D eigenvalue weighted by Crippen LogP contribution is 2.26. The van der Waals surface area contributed by atoms with Gasteiger partial charge < -0.3 is 11.5 Å². The average Bonchev–Trinajstić information content (AvgIpc) is 2.26. The molecule has 82 valence electrons. The maximum Gasteiger partial charge on any atom is 0.0349 e. The largest absolute Gasteiger partial charge is 0.398 e. The molecule has 2 heteroatoms. The Bertz CT molecular complexity index is 481. The van der Waals surface area contributed by atoms with Crippen LogP contribution in [0.25, 0.3) is 11.1 Å². The van der Waals surface area contributed by atoms with Crippen LogP contribution in [0.2, 0.25) is 0 Å². The predicted octanol–water partition coefficient (Wildman–Crippen LogP) is 3.13. The summed E-state index contributed by atoms with van der Waals surface area (Å²) in [6.07, 6.45) is 0. The molecule has 0 bridgehead atoms. The van der Waals surface area contributed by atoms with Crippen molar-refractivity contribution in [3.63, 3.8) is 0 Å². The molecule has 2 nitrogen and oxygen atoms in total. The van der Waals surface area contributed by atoms with Crippen LogP contribution >= 0.6 is 0 Å². The Labute approximate surface area is 95.9 Å². The van der Waals surface area contributed by atoms with E-state index in [-0.39, 0.29) is 0 Å². The lowest BCUT2D eigenvalue weighted by atomic mass is 10.0. The molecule has 0 saturated heterocycles. The molecule has 16 heavy (non-hydrogen) atoms. The number of anilines is 2. The summed E-state index contributed by atoms with van der Waals surface area (Å²) in [7, 11) is 0. The lowest BCUT2D eigenvalue weighted by molar-refractivity contribution is 1.45. The number of hydrogen-bond donors (Lipinski definition) is 2. The first-order valence-corrected chi connectivity index (χ1v) is 5.30. The van der Waals surface area contributed by atoms with Gasteiger partial charge in [0, 0.05) is 11.4 Å². The van der Waals surface area contributed by atoms with Gasteiger partial charge in [-0.15, -0.1) is 0 Å². The Balaban J connectivity index is 2.50. The normalized spacial score (nSPS) is 10.4. The molecule has 0 saturated carbocycles. The van der Waals surface area contributed by atoms with Crippen LogP contribution in [0.15, 0.2) is 36.4 Å². The van der Waals surface area contributed by atoms with Crippen molar-refractivity contribution in [3.8, 4) is 11.1 Å². The van der Waals surface area contributed by atoms with E-state index in [1.165, 1.54) is 0 Å². The topological polar surface area (TPSA) is 52.0 Å². The summed E-state index contributed by atoms with van der Waals surface area (Å²) in [4.78, 5) is 0. The fraction of sp³-hybridized carbons (Fsp3) is 0.143. The van der Waals surface area contributed by atoms with Gasteiger partial charge >= 0.3 is 0 Å². The summed E-state index contributed by atoms with van der Waals surface area (Å²) in [5.74, 6) is 0. The SMILES string of the molecule is Cc1ccc(-c2ccc(C)c(N)c2)cc1N. The van der Waals surface area contributed by atoms with Gasteiger partial charge in [0.15, 0.2) is 0 Å². The predicted molar refractivity (Wildman–Crippen MR) is 70.2 cm³/mol. The minimum absolute atomic E-state index is 0.816. The molecule has 0 amide bonds. The van der Waals surface area contributed by atoms with Gasteiger partial charge in [-0.05, 0) is 48.2 Å². The molecule has 0 heterocycles. The van der Waals surface area contributed by atoms with E-state index in [2.05, 4.69) is 12.1 Å². The number of nitrogens with two attached hydrogens (primary N) is 2. The van der Waals surface area contributed by atoms with Gasteiger partial charge in [-0.3, -0.25) is 0 Å². The van der Waals surface area contributed by atoms with E-state index in [1.807, 2.05) is 38.1 Å². The molecule has 0 aliphatic rings. The molecule has 0 aliphatic heterocycles. The fourth-order valence-electron chi connectivity index (χ4n) is 1.64. The van der Waals surface area contributed by atoms with E-state index in [1.54, 1.807) is 0 Å². The first-order chi connectivity index (χ1) is 7.58. The van der Waals surface area contributed by atoms with Crippen molar-refractivity contribution in [2.24, 2.45) is 0 Å². The van der Waals surface area contributed by atoms with Crippen molar-refractivity contribution < 1.29 is 0 Å². The van der Waals surface area contributed by atoms with Crippen LogP contribution in [0.5, 0.6) is 0 Å². The maximum absolute atomic E-state index is 5.89. The highest BCUT2D eigenvalue weighted by atomic mass is 14.6. The first-order valence-electron chi connectivity index (χ1n) is 5.30. The number of hydrogen-bond acceptors (Lipinski definition) is 2. The van der Waals surface area contributed by atoms with Crippen LogP contribution in [0.4, 0.5) is 11.4 Å². The smallest absolute Gasteiger partial charge is 0.0349 e. The molecule has 0 aromatic heterocycles.